The van der Waals surface area contributed by atoms with Crippen molar-refractivity contribution in [3.63, 3.8) is 0 Å². The molecule has 1 amide bonds. The van der Waals surface area contributed by atoms with Crippen LogP contribution >= 0.6 is 11.3 Å². The molecule has 1 aromatic carbocycles. The number of hydrogen-bond acceptors (Lipinski definition) is 5. The zero-order valence-electron chi connectivity index (χ0n) is 14.2. The van der Waals surface area contributed by atoms with Crippen molar-refractivity contribution in [2.24, 2.45) is 0 Å². The minimum atomic E-state index is -0.550. The quantitative estimate of drug-likeness (QED) is 0.841. The summed E-state index contributed by atoms with van der Waals surface area (Å²) in [5.74, 6) is -0.387. The molecule has 0 bridgehead atoms. The van der Waals surface area contributed by atoms with Gasteiger partial charge in [0, 0.05) is 10.4 Å². The molecule has 2 rings (SSSR count). The predicted molar refractivity (Wildman–Crippen MR) is 94.2 cm³/mol. The molecule has 0 fully saturated rings. The second-order valence-corrected chi connectivity index (χ2v) is 7.31. The second kappa shape index (κ2) is 7.49. The molecular formula is C18H21NO4S. The van der Waals surface area contributed by atoms with Crippen LogP contribution in [0.4, 0.5) is 4.79 Å². The molecule has 0 spiro atoms. The number of amides is 1. The molecule has 1 heterocycles. The highest BCUT2D eigenvalue weighted by Gasteiger charge is 2.20. The zero-order valence-corrected chi connectivity index (χ0v) is 15.0. The number of thiophene rings is 1. The number of methoxy groups -OCH3 is 1. The summed E-state index contributed by atoms with van der Waals surface area (Å²) in [5.41, 5.74) is 1.18. The van der Waals surface area contributed by atoms with Gasteiger partial charge in [-0.05, 0) is 32.4 Å². The highest BCUT2D eigenvalue weighted by molar-refractivity contribution is 7.14. The Hall–Kier alpha value is -2.34. The number of ether oxygens (including phenoxy) is 2. The molecule has 0 radical (unpaired) electrons. The molecule has 0 saturated heterocycles. The normalized spacial score (nSPS) is 11.0. The minimum Gasteiger partial charge on any atom is -0.465 e. The average molecular weight is 347 g/mol. The van der Waals surface area contributed by atoms with Crippen molar-refractivity contribution in [1.82, 2.24) is 5.32 Å². The van der Waals surface area contributed by atoms with Crippen LogP contribution in [0.25, 0.3) is 11.1 Å². The Morgan fingerprint density at radius 3 is 2.42 bits per heavy atom. The van der Waals surface area contributed by atoms with Crippen LogP contribution < -0.4 is 5.32 Å². The van der Waals surface area contributed by atoms with Gasteiger partial charge in [0.2, 0.25) is 0 Å². The molecule has 0 aliphatic carbocycles. The topological polar surface area (TPSA) is 64.6 Å². The van der Waals surface area contributed by atoms with Gasteiger partial charge in [0.25, 0.3) is 0 Å². The maximum absolute atomic E-state index is 12.0. The van der Waals surface area contributed by atoms with Gasteiger partial charge in [-0.15, -0.1) is 11.3 Å². The molecule has 0 saturated carbocycles. The summed E-state index contributed by atoms with van der Waals surface area (Å²) in [5, 5.41) is 2.70. The number of rotatable bonds is 4. The van der Waals surface area contributed by atoms with Gasteiger partial charge in [-0.3, -0.25) is 0 Å². The smallest absolute Gasteiger partial charge is 0.407 e. The van der Waals surface area contributed by atoms with E-state index in [0.29, 0.717) is 4.88 Å². The van der Waals surface area contributed by atoms with Crippen molar-refractivity contribution in [3.8, 4) is 11.1 Å². The van der Waals surface area contributed by atoms with E-state index in [0.717, 1.165) is 16.0 Å². The lowest BCUT2D eigenvalue weighted by atomic mass is 10.1. The van der Waals surface area contributed by atoms with Gasteiger partial charge in [0.05, 0.1) is 13.7 Å². The first kappa shape index (κ1) is 18.0. The third-order valence-corrected chi connectivity index (χ3v) is 4.16. The monoisotopic (exact) mass is 347 g/mol. The van der Waals surface area contributed by atoms with Crippen LogP contribution in [0.5, 0.6) is 0 Å². The first-order valence-electron chi connectivity index (χ1n) is 7.53. The van der Waals surface area contributed by atoms with Crippen LogP contribution in [0.1, 0.15) is 35.3 Å². The van der Waals surface area contributed by atoms with Crippen LogP contribution in [-0.2, 0) is 16.0 Å². The number of alkyl carbamates (subject to hydrolysis) is 1. The fourth-order valence-corrected chi connectivity index (χ4v) is 3.12. The molecule has 128 valence electrons. The number of nitrogens with one attached hydrogen (secondary N) is 1. The lowest BCUT2D eigenvalue weighted by molar-refractivity contribution is 0.0523. The maximum atomic E-state index is 12.0. The van der Waals surface area contributed by atoms with Crippen molar-refractivity contribution < 1.29 is 19.1 Å². The molecule has 1 aromatic heterocycles. The van der Waals surface area contributed by atoms with Crippen molar-refractivity contribution in [1.29, 1.82) is 0 Å². The highest BCUT2D eigenvalue weighted by Crippen LogP contribution is 2.32. The summed E-state index contributed by atoms with van der Waals surface area (Å²) < 4.78 is 10.1. The second-order valence-electron chi connectivity index (χ2n) is 6.17. The SMILES string of the molecule is COC(=O)c1sc(CNC(=O)OC(C)(C)C)cc1-c1ccccc1. The van der Waals surface area contributed by atoms with Gasteiger partial charge in [-0.25, -0.2) is 9.59 Å². The van der Waals surface area contributed by atoms with Crippen molar-refractivity contribution in [3.05, 3.63) is 46.2 Å². The Balaban J connectivity index is 2.19. The molecule has 0 unspecified atom stereocenters. The molecule has 2 aromatic rings. The molecular weight excluding hydrogens is 326 g/mol. The molecule has 0 aliphatic heterocycles. The Kier molecular flexibility index (Phi) is 5.62. The Morgan fingerprint density at radius 1 is 1.17 bits per heavy atom. The van der Waals surface area contributed by atoms with Crippen LogP contribution in [0.15, 0.2) is 36.4 Å². The summed E-state index contributed by atoms with van der Waals surface area (Å²) >= 11 is 1.30. The van der Waals surface area contributed by atoms with Gasteiger partial charge < -0.3 is 14.8 Å². The lowest BCUT2D eigenvalue weighted by Crippen LogP contribution is -2.31. The molecule has 1 N–H and O–H groups in total. The number of benzene rings is 1. The van der Waals surface area contributed by atoms with Gasteiger partial charge in [0.15, 0.2) is 0 Å². The largest absolute Gasteiger partial charge is 0.465 e. The van der Waals surface area contributed by atoms with Crippen LogP contribution in [-0.4, -0.2) is 24.8 Å². The summed E-state index contributed by atoms with van der Waals surface area (Å²) in [7, 11) is 1.36. The van der Waals surface area contributed by atoms with Crippen molar-refractivity contribution in [2.45, 2.75) is 32.9 Å². The van der Waals surface area contributed by atoms with Crippen LogP contribution in [0, 0.1) is 0 Å². The fourth-order valence-electron chi connectivity index (χ4n) is 2.08. The molecule has 0 aliphatic rings. The number of hydrogen-bond donors (Lipinski definition) is 1. The Bertz CT molecular complexity index is 716. The fraction of sp³-hybridized carbons (Fsp3) is 0.333. The number of carbonyl (C=O) groups excluding carboxylic acids is 2. The van der Waals surface area contributed by atoms with E-state index in [1.165, 1.54) is 18.4 Å². The maximum Gasteiger partial charge on any atom is 0.407 e. The Morgan fingerprint density at radius 2 is 1.83 bits per heavy atom. The van der Waals surface area contributed by atoms with E-state index in [-0.39, 0.29) is 12.5 Å². The lowest BCUT2D eigenvalue weighted by Gasteiger charge is -2.19. The average Bonchev–Trinajstić information content (AvgIpc) is 2.96. The van der Waals surface area contributed by atoms with Gasteiger partial charge in [-0.1, -0.05) is 30.3 Å². The summed E-state index contributed by atoms with van der Waals surface area (Å²) in [6.07, 6.45) is -0.489. The van der Waals surface area contributed by atoms with E-state index in [1.54, 1.807) is 20.8 Å². The molecule has 5 nitrogen and oxygen atoms in total. The van der Waals surface area contributed by atoms with E-state index in [1.807, 2.05) is 36.4 Å². The third-order valence-electron chi connectivity index (χ3n) is 3.04. The first-order chi connectivity index (χ1) is 11.3. The van der Waals surface area contributed by atoms with Gasteiger partial charge in [-0.2, -0.15) is 0 Å². The third kappa shape index (κ3) is 4.83. The zero-order chi connectivity index (χ0) is 17.7. The summed E-state index contributed by atoms with van der Waals surface area (Å²) in [6, 6.07) is 11.5. The summed E-state index contributed by atoms with van der Waals surface area (Å²) in [4.78, 5) is 25.2. The van der Waals surface area contributed by atoms with E-state index in [4.69, 9.17) is 9.47 Å². The predicted octanol–water partition coefficient (Wildman–Crippen LogP) is 4.23. The standard InChI is InChI=1S/C18H21NO4S/c1-18(2,3)23-17(21)19-11-13-10-14(12-8-6-5-7-9-12)15(24-13)16(20)22-4/h5-10H,11H2,1-4H3,(H,19,21). The van der Waals surface area contributed by atoms with E-state index < -0.39 is 11.7 Å². The van der Waals surface area contributed by atoms with Crippen molar-refractivity contribution >= 4 is 23.4 Å². The first-order valence-corrected chi connectivity index (χ1v) is 8.35. The Labute approximate surface area is 145 Å². The van der Waals surface area contributed by atoms with Crippen molar-refractivity contribution in [2.75, 3.05) is 7.11 Å². The van der Waals surface area contributed by atoms with Gasteiger partial charge in [0.1, 0.15) is 10.5 Å². The molecule has 24 heavy (non-hydrogen) atoms. The van der Waals surface area contributed by atoms with E-state index in [2.05, 4.69) is 5.32 Å². The molecule has 0 atom stereocenters. The number of carbonyl (C=O) groups is 2. The minimum absolute atomic E-state index is 0.288. The van der Waals surface area contributed by atoms with E-state index in [9.17, 15) is 9.59 Å². The summed E-state index contributed by atoms with van der Waals surface area (Å²) in [6.45, 7) is 5.71. The van der Waals surface area contributed by atoms with Crippen LogP contribution in [0.2, 0.25) is 0 Å². The number of esters is 1. The molecule has 6 heteroatoms. The van der Waals surface area contributed by atoms with Crippen LogP contribution in [0.3, 0.4) is 0 Å². The highest BCUT2D eigenvalue weighted by atomic mass is 32.1. The van der Waals surface area contributed by atoms with Gasteiger partial charge >= 0.3 is 12.1 Å². The van der Waals surface area contributed by atoms with E-state index >= 15 is 0 Å².